The number of carbonyl (C=O) groups excluding carboxylic acids is 1. The maximum Gasteiger partial charge on any atom is 0.249 e. The van der Waals surface area contributed by atoms with Crippen LogP contribution in [0.2, 0.25) is 0 Å². The number of nitrogens with zero attached hydrogens (tertiary/aromatic N) is 2. The second-order valence-electron chi connectivity index (χ2n) is 5.08. The van der Waals surface area contributed by atoms with Crippen molar-refractivity contribution >= 4 is 17.8 Å². The van der Waals surface area contributed by atoms with Gasteiger partial charge in [-0.2, -0.15) is 5.10 Å². The van der Waals surface area contributed by atoms with Crippen LogP contribution in [-0.2, 0) is 18.3 Å². The summed E-state index contributed by atoms with van der Waals surface area (Å²) in [4.78, 5) is 11.9. The Morgan fingerprint density at radius 3 is 3.05 bits per heavy atom. The number of carbonyl (C=O) groups is 1. The van der Waals surface area contributed by atoms with E-state index in [4.69, 9.17) is 4.74 Å². The minimum Gasteiger partial charge on any atom is -0.493 e. The molecule has 0 unspecified atom stereocenters. The molecule has 1 N–H and O–H groups in total. The zero-order valence-electron chi connectivity index (χ0n) is 12.1. The molecule has 5 nitrogen and oxygen atoms in total. The Morgan fingerprint density at radius 1 is 1.43 bits per heavy atom. The summed E-state index contributed by atoms with van der Waals surface area (Å²) < 4.78 is 7.11. The Hall–Kier alpha value is -2.56. The monoisotopic (exact) mass is 283 g/mol. The van der Waals surface area contributed by atoms with Crippen LogP contribution < -0.4 is 10.1 Å². The highest BCUT2D eigenvalue weighted by atomic mass is 16.5. The van der Waals surface area contributed by atoms with Crippen molar-refractivity contribution in [1.29, 1.82) is 0 Å². The number of aryl methyl sites for hydroxylation is 2. The summed E-state index contributed by atoms with van der Waals surface area (Å²) in [5.74, 6) is 1.46. The van der Waals surface area contributed by atoms with Crippen LogP contribution >= 0.6 is 0 Å². The lowest BCUT2D eigenvalue weighted by atomic mass is 10.1. The minimum absolute atomic E-state index is 0.172. The first-order valence-corrected chi connectivity index (χ1v) is 6.87. The Labute approximate surface area is 123 Å². The van der Waals surface area contributed by atoms with Gasteiger partial charge < -0.3 is 10.1 Å². The smallest absolute Gasteiger partial charge is 0.249 e. The van der Waals surface area contributed by atoms with Gasteiger partial charge in [-0.15, -0.1) is 0 Å². The first kappa shape index (κ1) is 13.4. The summed E-state index contributed by atoms with van der Waals surface area (Å²) in [6.45, 7) is 2.63. The average molecular weight is 283 g/mol. The van der Waals surface area contributed by atoms with Crippen molar-refractivity contribution in [2.75, 3.05) is 11.9 Å². The van der Waals surface area contributed by atoms with Gasteiger partial charge in [0, 0.05) is 25.6 Å². The topological polar surface area (TPSA) is 56.1 Å². The molecule has 0 bridgehead atoms. The predicted octanol–water partition coefficient (Wildman–Crippen LogP) is 2.32. The van der Waals surface area contributed by atoms with E-state index in [0.717, 1.165) is 30.0 Å². The van der Waals surface area contributed by atoms with E-state index in [1.165, 1.54) is 11.6 Å². The van der Waals surface area contributed by atoms with E-state index in [1.807, 2.05) is 25.1 Å². The molecule has 3 rings (SSSR count). The lowest BCUT2D eigenvalue weighted by Crippen LogP contribution is -2.11. The van der Waals surface area contributed by atoms with Crippen molar-refractivity contribution in [3.8, 4) is 5.75 Å². The molecule has 5 heteroatoms. The van der Waals surface area contributed by atoms with Crippen LogP contribution in [0.4, 0.5) is 5.82 Å². The normalized spacial score (nSPS) is 13.2. The third-order valence-corrected chi connectivity index (χ3v) is 3.39. The molecule has 0 saturated carbocycles. The Balaban J connectivity index is 1.68. The van der Waals surface area contributed by atoms with Crippen molar-refractivity contribution in [2.24, 2.45) is 7.05 Å². The van der Waals surface area contributed by atoms with Gasteiger partial charge in [-0.1, -0.05) is 6.07 Å². The fourth-order valence-corrected chi connectivity index (χ4v) is 2.38. The van der Waals surface area contributed by atoms with Gasteiger partial charge in [0.15, 0.2) is 0 Å². The number of anilines is 1. The molecule has 0 spiro atoms. The molecule has 1 aromatic heterocycles. The minimum atomic E-state index is -0.172. The van der Waals surface area contributed by atoms with E-state index in [2.05, 4.69) is 16.5 Å². The van der Waals surface area contributed by atoms with Gasteiger partial charge in [0.2, 0.25) is 5.91 Å². The van der Waals surface area contributed by atoms with E-state index in [-0.39, 0.29) is 5.91 Å². The van der Waals surface area contributed by atoms with Crippen molar-refractivity contribution in [1.82, 2.24) is 9.78 Å². The van der Waals surface area contributed by atoms with Crippen molar-refractivity contribution in [2.45, 2.75) is 13.3 Å². The molecule has 21 heavy (non-hydrogen) atoms. The number of hydrogen-bond acceptors (Lipinski definition) is 3. The van der Waals surface area contributed by atoms with Crippen LogP contribution in [0.25, 0.3) is 6.08 Å². The fraction of sp³-hybridized carbons (Fsp3) is 0.250. The standard InChI is InChI=1S/C16H17N3O2/c1-11-9-15(19(2)18-11)17-16(20)6-4-12-3-5-14-13(10-12)7-8-21-14/h3-6,9-10H,7-8H2,1-2H3,(H,17,20)/b6-4+. The van der Waals surface area contributed by atoms with Crippen molar-refractivity contribution in [3.63, 3.8) is 0 Å². The maximum atomic E-state index is 11.9. The SMILES string of the molecule is Cc1cc(NC(=O)/C=C/c2ccc3c(c2)CCO3)n(C)n1. The quantitative estimate of drug-likeness (QED) is 0.879. The number of benzene rings is 1. The molecule has 0 atom stereocenters. The van der Waals surface area contributed by atoms with E-state index >= 15 is 0 Å². The highest BCUT2D eigenvalue weighted by Crippen LogP contribution is 2.26. The van der Waals surface area contributed by atoms with Crippen LogP contribution in [0, 0.1) is 6.92 Å². The number of fused-ring (bicyclic) bond motifs is 1. The summed E-state index contributed by atoms with van der Waals surface area (Å²) in [6.07, 6.45) is 4.26. The van der Waals surface area contributed by atoms with E-state index in [1.54, 1.807) is 17.8 Å². The fourth-order valence-electron chi connectivity index (χ4n) is 2.38. The average Bonchev–Trinajstić information content (AvgIpc) is 3.02. The zero-order valence-corrected chi connectivity index (χ0v) is 12.1. The molecule has 0 radical (unpaired) electrons. The lowest BCUT2D eigenvalue weighted by Gasteiger charge is -2.02. The van der Waals surface area contributed by atoms with Gasteiger partial charge in [-0.25, -0.2) is 0 Å². The summed E-state index contributed by atoms with van der Waals surface area (Å²) >= 11 is 0. The Bertz CT molecular complexity index is 716. The van der Waals surface area contributed by atoms with E-state index in [0.29, 0.717) is 5.82 Å². The van der Waals surface area contributed by atoms with Crippen LogP contribution in [0.5, 0.6) is 5.75 Å². The Morgan fingerprint density at radius 2 is 2.29 bits per heavy atom. The third kappa shape index (κ3) is 2.97. The Kier molecular flexibility index (Phi) is 3.48. The highest BCUT2D eigenvalue weighted by molar-refractivity contribution is 6.01. The summed E-state index contributed by atoms with van der Waals surface area (Å²) in [6, 6.07) is 7.78. The molecule has 2 heterocycles. The third-order valence-electron chi connectivity index (χ3n) is 3.39. The highest BCUT2D eigenvalue weighted by Gasteiger charge is 2.11. The van der Waals surface area contributed by atoms with Gasteiger partial charge in [0.05, 0.1) is 12.3 Å². The summed E-state index contributed by atoms with van der Waals surface area (Å²) in [5.41, 5.74) is 3.06. The predicted molar refractivity (Wildman–Crippen MR) is 81.2 cm³/mol. The van der Waals surface area contributed by atoms with Gasteiger partial charge in [-0.05, 0) is 36.3 Å². The molecule has 2 aromatic rings. The zero-order chi connectivity index (χ0) is 14.8. The first-order valence-electron chi connectivity index (χ1n) is 6.87. The largest absolute Gasteiger partial charge is 0.493 e. The molecule has 1 amide bonds. The summed E-state index contributed by atoms with van der Waals surface area (Å²) in [5, 5.41) is 6.99. The van der Waals surface area contributed by atoms with Gasteiger partial charge in [-0.3, -0.25) is 9.48 Å². The molecule has 108 valence electrons. The number of nitrogens with one attached hydrogen (secondary N) is 1. The van der Waals surface area contributed by atoms with Crippen LogP contribution in [0.1, 0.15) is 16.8 Å². The lowest BCUT2D eigenvalue weighted by molar-refractivity contribution is -0.111. The molecule has 0 fully saturated rings. The van der Waals surface area contributed by atoms with Crippen molar-refractivity contribution < 1.29 is 9.53 Å². The van der Waals surface area contributed by atoms with Crippen LogP contribution in [0.15, 0.2) is 30.3 Å². The molecular weight excluding hydrogens is 266 g/mol. The maximum absolute atomic E-state index is 11.9. The molecule has 1 aromatic carbocycles. The second-order valence-corrected chi connectivity index (χ2v) is 5.08. The van der Waals surface area contributed by atoms with Crippen LogP contribution in [0.3, 0.4) is 0 Å². The first-order chi connectivity index (χ1) is 10.1. The number of ether oxygens (including phenoxy) is 1. The summed E-state index contributed by atoms with van der Waals surface area (Å²) in [7, 11) is 1.80. The molecule has 0 aliphatic carbocycles. The number of rotatable bonds is 3. The molecular formula is C16H17N3O2. The van der Waals surface area contributed by atoms with Crippen LogP contribution in [-0.4, -0.2) is 22.3 Å². The van der Waals surface area contributed by atoms with E-state index in [9.17, 15) is 4.79 Å². The molecule has 1 aliphatic rings. The second kappa shape index (κ2) is 5.44. The number of amides is 1. The van der Waals surface area contributed by atoms with E-state index < -0.39 is 0 Å². The van der Waals surface area contributed by atoms with Gasteiger partial charge in [0.1, 0.15) is 11.6 Å². The van der Waals surface area contributed by atoms with Gasteiger partial charge in [0.25, 0.3) is 0 Å². The van der Waals surface area contributed by atoms with Crippen molar-refractivity contribution in [3.05, 3.63) is 47.2 Å². The molecule has 1 aliphatic heterocycles. The number of aromatic nitrogens is 2. The molecule has 0 saturated heterocycles. The van der Waals surface area contributed by atoms with Gasteiger partial charge >= 0.3 is 0 Å². The number of hydrogen-bond donors (Lipinski definition) is 1.